The fraction of sp³-hybridized carbons (Fsp3) is 0.261. The number of hydrogen-bond acceptors (Lipinski definition) is 5. The summed E-state index contributed by atoms with van der Waals surface area (Å²) < 4.78 is 5.84. The first kappa shape index (κ1) is 20.3. The van der Waals surface area contributed by atoms with Crippen molar-refractivity contribution in [2.24, 2.45) is 0 Å². The number of anilines is 2. The van der Waals surface area contributed by atoms with Crippen molar-refractivity contribution in [1.82, 2.24) is 14.9 Å². The molecule has 0 atom stereocenters. The molecule has 0 bridgehead atoms. The minimum atomic E-state index is -0.0677. The van der Waals surface area contributed by atoms with Gasteiger partial charge in [0.15, 0.2) is 0 Å². The molecule has 3 rings (SSSR count). The second-order valence-corrected chi connectivity index (χ2v) is 7.08. The molecule has 6 nitrogen and oxygen atoms in total. The Morgan fingerprint density at radius 1 is 1.10 bits per heavy atom. The number of pyridine rings is 2. The lowest BCUT2D eigenvalue weighted by molar-refractivity contribution is 0.0796. The summed E-state index contributed by atoms with van der Waals surface area (Å²) in [5.41, 5.74) is 3.25. The molecule has 150 valence electrons. The smallest absolute Gasteiger partial charge is 0.255 e. The average molecular weight is 390 g/mol. The van der Waals surface area contributed by atoms with E-state index in [1.807, 2.05) is 56.3 Å². The summed E-state index contributed by atoms with van der Waals surface area (Å²) in [6.45, 7) is 4.59. The fourth-order valence-corrected chi connectivity index (χ4v) is 2.88. The molecule has 0 aliphatic carbocycles. The van der Waals surface area contributed by atoms with E-state index in [2.05, 4.69) is 15.3 Å². The van der Waals surface area contributed by atoms with E-state index in [1.165, 1.54) is 0 Å². The van der Waals surface area contributed by atoms with Crippen LogP contribution in [0.2, 0.25) is 0 Å². The highest BCUT2D eigenvalue weighted by Crippen LogP contribution is 2.28. The first-order valence-electron chi connectivity index (χ1n) is 9.65. The zero-order valence-corrected chi connectivity index (χ0v) is 17.0. The van der Waals surface area contributed by atoms with Crippen molar-refractivity contribution in [3.63, 3.8) is 0 Å². The molecule has 0 radical (unpaired) electrons. The van der Waals surface area contributed by atoms with Crippen molar-refractivity contribution in [2.75, 3.05) is 18.9 Å². The summed E-state index contributed by atoms with van der Waals surface area (Å²) in [5, 5.41) is 3.30. The Bertz CT molecular complexity index is 944. The highest BCUT2D eigenvalue weighted by atomic mass is 16.5. The first-order chi connectivity index (χ1) is 14.0. The van der Waals surface area contributed by atoms with E-state index in [0.29, 0.717) is 12.1 Å². The molecule has 2 aromatic heterocycles. The highest BCUT2D eigenvalue weighted by Gasteiger charge is 2.13. The molecule has 0 saturated carbocycles. The topological polar surface area (TPSA) is 67.3 Å². The van der Waals surface area contributed by atoms with E-state index in [9.17, 15) is 4.79 Å². The Labute approximate surface area is 171 Å². The molecular weight excluding hydrogens is 364 g/mol. The normalized spacial score (nSPS) is 10.6. The molecule has 0 aliphatic rings. The first-order valence-corrected chi connectivity index (χ1v) is 9.65. The SMILES string of the molecule is CC(C)Oc1ccccc1Nc1cncc(C(=O)N(C)CCc2ccncc2)c1. The van der Waals surface area contributed by atoms with Gasteiger partial charge in [-0.3, -0.25) is 14.8 Å². The lowest BCUT2D eigenvalue weighted by atomic mass is 10.2. The van der Waals surface area contributed by atoms with Crippen LogP contribution in [0.5, 0.6) is 5.75 Å². The predicted molar refractivity (Wildman–Crippen MR) is 115 cm³/mol. The van der Waals surface area contributed by atoms with Crippen LogP contribution in [-0.2, 0) is 6.42 Å². The molecule has 6 heteroatoms. The zero-order valence-electron chi connectivity index (χ0n) is 17.0. The van der Waals surface area contributed by atoms with Crippen LogP contribution in [-0.4, -0.2) is 40.5 Å². The van der Waals surface area contributed by atoms with E-state index < -0.39 is 0 Å². The van der Waals surface area contributed by atoms with Gasteiger partial charge >= 0.3 is 0 Å². The number of para-hydroxylation sites is 2. The number of benzene rings is 1. The molecular formula is C23H26N4O2. The fourth-order valence-electron chi connectivity index (χ4n) is 2.88. The number of nitrogens with zero attached hydrogens (tertiary/aromatic N) is 3. The second-order valence-electron chi connectivity index (χ2n) is 7.08. The second kappa shape index (κ2) is 9.68. The number of likely N-dealkylation sites (N-methyl/N-ethyl adjacent to an activating group) is 1. The Hall–Kier alpha value is -3.41. The summed E-state index contributed by atoms with van der Waals surface area (Å²) in [5.74, 6) is 0.690. The van der Waals surface area contributed by atoms with Crippen LogP contribution in [0.1, 0.15) is 29.8 Å². The largest absolute Gasteiger partial charge is 0.489 e. The molecule has 3 aromatic rings. The van der Waals surface area contributed by atoms with Gasteiger partial charge < -0.3 is 15.0 Å². The van der Waals surface area contributed by atoms with E-state index >= 15 is 0 Å². The summed E-state index contributed by atoms with van der Waals surface area (Å²) >= 11 is 0. The lowest BCUT2D eigenvalue weighted by Gasteiger charge is -2.18. The van der Waals surface area contributed by atoms with Crippen molar-refractivity contribution >= 4 is 17.3 Å². The summed E-state index contributed by atoms with van der Waals surface area (Å²) in [6.07, 6.45) is 7.65. The zero-order chi connectivity index (χ0) is 20.6. The van der Waals surface area contributed by atoms with Crippen molar-refractivity contribution in [2.45, 2.75) is 26.4 Å². The van der Waals surface area contributed by atoms with Crippen LogP contribution < -0.4 is 10.1 Å². The third-order valence-electron chi connectivity index (χ3n) is 4.35. The van der Waals surface area contributed by atoms with Crippen LogP contribution in [0.25, 0.3) is 0 Å². The maximum atomic E-state index is 12.8. The van der Waals surface area contributed by atoms with Crippen LogP contribution in [0, 0.1) is 0 Å². The maximum Gasteiger partial charge on any atom is 0.255 e. The van der Waals surface area contributed by atoms with Crippen molar-refractivity contribution < 1.29 is 9.53 Å². The van der Waals surface area contributed by atoms with Crippen molar-refractivity contribution in [3.8, 4) is 5.75 Å². The Kier molecular flexibility index (Phi) is 6.79. The van der Waals surface area contributed by atoms with E-state index in [0.717, 1.165) is 29.1 Å². The molecule has 0 fully saturated rings. The van der Waals surface area contributed by atoms with E-state index in [-0.39, 0.29) is 12.0 Å². The van der Waals surface area contributed by atoms with Gasteiger partial charge in [0.25, 0.3) is 5.91 Å². The van der Waals surface area contributed by atoms with Gasteiger partial charge in [-0.05, 0) is 56.2 Å². The third-order valence-corrected chi connectivity index (χ3v) is 4.35. The number of rotatable bonds is 8. The van der Waals surface area contributed by atoms with Gasteiger partial charge in [0.05, 0.1) is 29.2 Å². The van der Waals surface area contributed by atoms with Gasteiger partial charge in [0.2, 0.25) is 0 Å². The Balaban J connectivity index is 1.68. The number of carbonyl (C=O) groups excluding carboxylic acids is 1. The summed E-state index contributed by atoms with van der Waals surface area (Å²) in [7, 11) is 1.80. The van der Waals surface area contributed by atoms with Gasteiger partial charge in [-0.15, -0.1) is 0 Å². The number of ether oxygens (including phenoxy) is 1. The molecule has 0 aliphatic heterocycles. The van der Waals surface area contributed by atoms with Crippen LogP contribution in [0.15, 0.2) is 67.3 Å². The quantitative estimate of drug-likeness (QED) is 0.620. The van der Waals surface area contributed by atoms with Crippen LogP contribution >= 0.6 is 0 Å². The lowest BCUT2D eigenvalue weighted by Crippen LogP contribution is -2.29. The van der Waals surface area contributed by atoms with E-state index in [4.69, 9.17) is 4.74 Å². The monoisotopic (exact) mass is 390 g/mol. The standard InChI is InChI=1S/C23H26N4O2/c1-17(2)29-22-7-5-4-6-21(22)26-20-14-19(15-25-16-20)23(28)27(3)13-10-18-8-11-24-12-9-18/h4-9,11-12,14-17,26H,10,13H2,1-3H3. The minimum absolute atomic E-state index is 0.0676. The molecule has 1 N–H and O–H groups in total. The van der Waals surface area contributed by atoms with Crippen molar-refractivity contribution in [3.05, 3.63) is 78.4 Å². The number of nitrogens with one attached hydrogen (secondary N) is 1. The Morgan fingerprint density at radius 2 is 1.86 bits per heavy atom. The molecule has 0 saturated heterocycles. The van der Waals surface area contributed by atoms with Gasteiger partial charge in [-0.25, -0.2) is 0 Å². The number of hydrogen-bond donors (Lipinski definition) is 1. The maximum absolute atomic E-state index is 12.8. The number of carbonyl (C=O) groups is 1. The molecule has 1 aromatic carbocycles. The average Bonchev–Trinajstić information content (AvgIpc) is 2.73. The van der Waals surface area contributed by atoms with Crippen LogP contribution in [0.4, 0.5) is 11.4 Å². The Morgan fingerprint density at radius 3 is 2.62 bits per heavy atom. The van der Waals surface area contributed by atoms with Crippen LogP contribution in [0.3, 0.4) is 0 Å². The van der Waals surface area contributed by atoms with Crippen molar-refractivity contribution in [1.29, 1.82) is 0 Å². The molecule has 2 heterocycles. The summed E-state index contributed by atoms with van der Waals surface area (Å²) in [6, 6.07) is 13.4. The predicted octanol–water partition coefficient (Wildman–Crippen LogP) is 4.32. The highest BCUT2D eigenvalue weighted by molar-refractivity contribution is 5.94. The molecule has 0 spiro atoms. The number of amides is 1. The van der Waals surface area contributed by atoms with Gasteiger partial charge in [-0.1, -0.05) is 12.1 Å². The molecule has 1 amide bonds. The van der Waals surface area contributed by atoms with Gasteiger partial charge in [0.1, 0.15) is 5.75 Å². The number of aromatic nitrogens is 2. The minimum Gasteiger partial charge on any atom is -0.489 e. The molecule has 29 heavy (non-hydrogen) atoms. The summed E-state index contributed by atoms with van der Waals surface area (Å²) in [4.78, 5) is 22.8. The van der Waals surface area contributed by atoms with Gasteiger partial charge in [-0.2, -0.15) is 0 Å². The molecule has 0 unspecified atom stereocenters. The van der Waals surface area contributed by atoms with Gasteiger partial charge in [0, 0.05) is 32.2 Å². The third kappa shape index (κ3) is 5.78. The van der Waals surface area contributed by atoms with E-state index in [1.54, 1.807) is 36.7 Å².